The van der Waals surface area contributed by atoms with Gasteiger partial charge in [0.1, 0.15) is 12.4 Å². The minimum atomic E-state index is 0.445. The van der Waals surface area contributed by atoms with Crippen LogP contribution in [0.2, 0.25) is 0 Å². The summed E-state index contributed by atoms with van der Waals surface area (Å²) in [4.78, 5) is 13.3. The smallest absolute Gasteiger partial charge is 0.137 e. The van der Waals surface area contributed by atoms with Gasteiger partial charge in [-0.3, -0.25) is 15.0 Å². The summed E-state index contributed by atoms with van der Waals surface area (Å²) in [5, 5.41) is 0. The third-order valence-electron chi connectivity index (χ3n) is 7.66. The first-order chi connectivity index (χ1) is 21.8. The standard InChI is InChI=1S/C40H29N3O/c1-2-8-29(9-3-1)28-44-40-37(33-19-17-31(18-20-33)35-11-7-22-42-27-35)24-36(25-38(40)39-12-4-5-23-43-39)32-15-13-30(14-16-32)34-10-6-21-41-26-34/h1-27H,28H2. The van der Waals surface area contributed by atoms with Crippen molar-refractivity contribution in [1.29, 1.82) is 0 Å². The molecule has 7 aromatic rings. The molecule has 0 saturated heterocycles. The summed E-state index contributed by atoms with van der Waals surface area (Å²) in [7, 11) is 0. The highest BCUT2D eigenvalue weighted by molar-refractivity contribution is 5.88. The van der Waals surface area contributed by atoms with E-state index in [2.05, 4.69) is 94.9 Å². The van der Waals surface area contributed by atoms with Crippen molar-refractivity contribution in [2.24, 2.45) is 0 Å². The Bertz CT molecular complexity index is 1960. The summed E-state index contributed by atoms with van der Waals surface area (Å²) < 4.78 is 6.69. The quantitative estimate of drug-likeness (QED) is 0.183. The summed E-state index contributed by atoms with van der Waals surface area (Å²) >= 11 is 0. The molecule has 4 nitrogen and oxygen atoms in total. The lowest BCUT2D eigenvalue weighted by Crippen LogP contribution is -2.00. The predicted molar refractivity (Wildman–Crippen MR) is 178 cm³/mol. The van der Waals surface area contributed by atoms with Gasteiger partial charge in [-0.2, -0.15) is 0 Å². The van der Waals surface area contributed by atoms with E-state index in [1.165, 1.54) is 0 Å². The fraction of sp³-hybridized carbons (Fsp3) is 0.0250. The number of aromatic nitrogens is 3. The topological polar surface area (TPSA) is 47.9 Å². The van der Waals surface area contributed by atoms with Crippen molar-refractivity contribution >= 4 is 0 Å². The minimum absolute atomic E-state index is 0.445. The first-order valence-electron chi connectivity index (χ1n) is 14.6. The molecule has 0 fully saturated rings. The maximum Gasteiger partial charge on any atom is 0.137 e. The minimum Gasteiger partial charge on any atom is -0.488 e. The van der Waals surface area contributed by atoms with Crippen LogP contribution in [0, 0.1) is 0 Å². The van der Waals surface area contributed by atoms with Crippen LogP contribution >= 0.6 is 0 Å². The number of ether oxygens (including phenoxy) is 1. The van der Waals surface area contributed by atoms with E-state index in [0.717, 1.165) is 67.1 Å². The lowest BCUT2D eigenvalue weighted by atomic mass is 9.92. The molecule has 0 unspecified atom stereocenters. The Morgan fingerprint density at radius 1 is 0.432 bits per heavy atom. The summed E-state index contributed by atoms with van der Waals surface area (Å²) in [6.45, 7) is 0.445. The van der Waals surface area contributed by atoms with Crippen LogP contribution in [-0.4, -0.2) is 15.0 Å². The Kier molecular flexibility index (Phi) is 7.70. The Balaban J connectivity index is 1.37. The zero-order chi connectivity index (χ0) is 29.6. The number of hydrogen-bond donors (Lipinski definition) is 0. The highest BCUT2D eigenvalue weighted by Gasteiger charge is 2.18. The molecular weight excluding hydrogens is 538 g/mol. The molecule has 0 amide bonds. The van der Waals surface area contributed by atoms with Gasteiger partial charge in [0.2, 0.25) is 0 Å². The average Bonchev–Trinajstić information content (AvgIpc) is 3.12. The van der Waals surface area contributed by atoms with Crippen LogP contribution in [0.1, 0.15) is 5.56 Å². The summed E-state index contributed by atoms with van der Waals surface area (Å²) in [5.74, 6) is 0.803. The Labute approximate surface area is 257 Å². The molecular formula is C40H29N3O. The van der Waals surface area contributed by atoms with Gasteiger partial charge in [0.05, 0.1) is 5.69 Å². The van der Waals surface area contributed by atoms with E-state index in [0.29, 0.717) is 6.61 Å². The highest BCUT2D eigenvalue weighted by Crippen LogP contribution is 2.43. The SMILES string of the molecule is c1ccc(COc2c(-c3ccc(-c4cccnc4)cc3)cc(-c3ccc(-c4cccnc4)cc3)cc2-c2ccccn2)cc1. The van der Waals surface area contributed by atoms with Crippen molar-refractivity contribution in [2.45, 2.75) is 6.61 Å². The molecule has 0 N–H and O–H groups in total. The van der Waals surface area contributed by atoms with Gasteiger partial charge < -0.3 is 4.74 Å². The molecule has 0 atom stereocenters. The van der Waals surface area contributed by atoms with Crippen molar-refractivity contribution < 1.29 is 4.74 Å². The van der Waals surface area contributed by atoms with Crippen molar-refractivity contribution in [1.82, 2.24) is 15.0 Å². The second-order valence-electron chi connectivity index (χ2n) is 10.5. The molecule has 44 heavy (non-hydrogen) atoms. The fourth-order valence-electron chi connectivity index (χ4n) is 5.37. The van der Waals surface area contributed by atoms with Gasteiger partial charge in [0.15, 0.2) is 0 Å². The van der Waals surface area contributed by atoms with Gasteiger partial charge in [-0.25, -0.2) is 0 Å². The fourth-order valence-corrected chi connectivity index (χ4v) is 5.37. The molecule has 0 spiro atoms. The van der Waals surface area contributed by atoms with Gasteiger partial charge >= 0.3 is 0 Å². The van der Waals surface area contributed by atoms with Gasteiger partial charge in [0.25, 0.3) is 0 Å². The zero-order valence-electron chi connectivity index (χ0n) is 24.0. The normalized spacial score (nSPS) is 10.8. The van der Waals surface area contributed by atoms with E-state index in [1.54, 1.807) is 12.4 Å². The number of rotatable bonds is 8. The van der Waals surface area contributed by atoms with Gasteiger partial charge in [0, 0.05) is 42.1 Å². The third kappa shape index (κ3) is 5.87. The van der Waals surface area contributed by atoms with E-state index in [9.17, 15) is 0 Å². The summed E-state index contributed by atoms with van der Waals surface area (Å²) in [5.41, 5.74) is 11.6. The van der Waals surface area contributed by atoms with E-state index < -0.39 is 0 Å². The highest BCUT2D eigenvalue weighted by atomic mass is 16.5. The van der Waals surface area contributed by atoms with Crippen molar-refractivity contribution in [3.8, 4) is 61.5 Å². The van der Waals surface area contributed by atoms with Crippen molar-refractivity contribution in [2.75, 3.05) is 0 Å². The lowest BCUT2D eigenvalue weighted by molar-refractivity contribution is 0.309. The molecule has 0 saturated carbocycles. The zero-order valence-corrected chi connectivity index (χ0v) is 24.0. The molecule has 3 aromatic heterocycles. The van der Waals surface area contributed by atoms with Crippen LogP contribution in [0.5, 0.6) is 5.75 Å². The second-order valence-corrected chi connectivity index (χ2v) is 10.5. The maximum atomic E-state index is 6.69. The molecule has 7 rings (SSSR count). The molecule has 0 aliphatic heterocycles. The van der Waals surface area contributed by atoms with Crippen LogP contribution in [0.25, 0.3) is 55.8 Å². The summed E-state index contributed by atoms with van der Waals surface area (Å²) in [6.07, 6.45) is 9.19. The first-order valence-corrected chi connectivity index (χ1v) is 14.6. The lowest BCUT2D eigenvalue weighted by Gasteiger charge is -2.19. The maximum absolute atomic E-state index is 6.69. The monoisotopic (exact) mass is 567 g/mol. The van der Waals surface area contributed by atoms with Gasteiger partial charge in [-0.1, -0.05) is 97.1 Å². The van der Waals surface area contributed by atoms with Gasteiger partial charge in [-0.15, -0.1) is 0 Å². The second kappa shape index (κ2) is 12.6. The molecule has 4 aromatic carbocycles. The van der Waals surface area contributed by atoms with E-state index >= 15 is 0 Å². The Morgan fingerprint density at radius 2 is 1.00 bits per heavy atom. The van der Waals surface area contributed by atoms with E-state index in [4.69, 9.17) is 9.72 Å². The van der Waals surface area contributed by atoms with Crippen LogP contribution in [-0.2, 0) is 6.61 Å². The van der Waals surface area contributed by atoms with Crippen LogP contribution in [0.15, 0.2) is 164 Å². The average molecular weight is 568 g/mol. The largest absolute Gasteiger partial charge is 0.488 e. The molecule has 0 bridgehead atoms. The predicted octanol–water partition coefficient (Wildman–Crippen LogP) is 9.79. The Hall–Kier alpha value is -5.87. The number of hydrogen-bond acceptors (Lipinski definition) is 4. The molecule has 3 heterocycles. The van der Waals surface area contributed by atoms with Gasteiger partial charge in [-0.05, 0) is 80.9 Å². The van der Waals surface area contributed by atoms with Crippen LogP contribution < -0.4 is 4.74 Å². The number of pyridine rings is 3. The molecule has 210 valence electrons. The van der Waals surface area contributed by atoms with Crippen LogP contribution in [0.3, 0.4) is 0 Å². The van der Waals surface area contributed by atoms with Crippen LogP contribution in [0.4, 0.5) is 0 Å². The molecule has 0 radical (unpaired) electrons. The van der Waals surface area contributed by atoms with Crippen molar-refractivity contribution in [3.05, 3.63) is 170 Å². The molecule has 0 aliphatic rings. The number of nitrogens with zero attached hydrogens (tertiary/aromatic N) is 3. The first kappa shape index (κ1) is 27.0. The van der Waals surface area contributed by atoms with E-state index in [1.807, 2.05) is 67.1 Å². The van der Waals surface area contributed by atoms with E-state index in [-0.39, 0.29) is 0 Å². The Morgan fingerprint density at radius 3 is 1.57 bits per heavy atom. The molecule has 0 aliphatic carbocycles. The summed E-state index contributed by atoms with van der Waals surface area (Å²) in [6, 6.07) is 46.0. The number of benzene rings is 4. The molecule has 4 heteroatoms. The third-order valence-corrected chi connectivity index (χ3v) is 7.66. The van der Waals surface area contributed by atoms with Crippen molar-refractivity contribution in [3.63, 3.8) is 0 Å².